The summed E-state index contributed by atoms with van der Waals surface area (Å²) in [5.74, 6) is 1.31. The maximum absolute atomic E-state index is 12.4. The molecule has 1 aliphatic rings. The average Bonchev–Trinajstić information content (AvgIpc) is 3.37. The fraction of sp³-hybridized carbons (Fsp3) is 0.500. The molecule has 3 rings (SSSR count). The predicted octanol–water partition coefficient (Wildman–Crippen LogP) is 2.91. The summed E-state index contributed by atoms with van der Waals surface area (Å²) in [6, 6.07) is 3.60. The second-order valence-corrected chi connectivity index (χ2v) is 7.10. The summed E-state index contributed by atoms with van der Waals surface area (Å²) in [5.41, 5.74) is 0.941. The number of nitrogens with zero attached hydrogens (tertiary/aromatic N) is 2. The molecule has 2 aromatic rings. The van der Waals surface area contributed by atoms with Crippen molar-refractivity contribution in [3.8, 4) is 11.5 Å². The maximum atomic E-state index is 12.4. The molecule has 1 aromatic carbocycles. The van der Waals surface area contributed by atoms with Crippen molar-refractivity contribution in [2.45, 2.75) is 50.7 Å². The number of carbonyl (C=O) groups excluding carboxylic acids is 1. The SMILES string of the molecule is CCCC(O)C(CO)NC(=O)Nc1cc(Cl)ccc1-c1nc(C2CC2)no1. The summed E-state index contributed by atoms with van der Waals surface area (Å²) in [4.78, 5) is 16.8. The largest absolute Gasteiger partial charge is 0.394 e. The van der Waals surface area contributed by atoms with Crippen LogP contribution in [0.4, 0.5) is 10.5 Å². The number of benzene rings is 1. The number of aliphatic hydroxyl groups is 2. The van der Waals surface area contributed by atoms with Gasteiger partial charge in [-0.15, -0.1) is 0 Å². The number of carbonyl (C=O) groups is 1. The van der Waals surface area contributed by atoms with Gasteiger partial charge in [0.2, 0.25) is 0 Å². The first-order chi connectivity index (χ1) is 13.0. The zero-order chi connectivity index (χ0) is 19.4. The van der Waals surface area contributed by atoms with Gasteiger partial charge < -0.3 is 25.4 Å². The van der Waals surface area contributed by atoms with E-state index in [4.69, 9.17) is 16.1 Å². The van der Waals surface area contributed by atoms with Gasteiger partial charge in [-0.05, 0) is 37.5 Å². The van der Waals surface area contributed by atoms with Gasteiger partial charge in [-0.1, -0.05) is 30.1 Å². The highest BCUT2D eigenvalue weighted by Crippen LogP contribution is 2.39. The molecule has 9 heteroatoms. The van der Waals surface area contributed by atoms with Crippen LogP contribution in [-0.4, -0.2) is 45.1 Å². The van der Waals surface area contributed by atoms with E-state index in [0.29, 0.717) is 40.3 Å². The molecule has 0 spiro atoms. The highest BCUT2D eigenvalue weighted by Gasteiger charge is 2.29. The number of anilines is 1. The molecule has 4 N–H and O–H groups in total. The topological polar surface area (TPSA) is 121 Å². The van der Waals surface area contributed by atoms with Crippen LogP contribution in [-0.2, 0) is 0 Å². The van der Waals surface area contributed by atoms with E-state index in [9.17, 15) is 15.0 Å². The summed E-state index contributed by atoms with van der Waals surface area (Å²) >= 11 is 6.06. The van der Waals surface area contributed by atoms with Crippen molar-refractivity contribution >= 4 is 23.3 Å². The average molecular weight is 395 g/mol. The molecule has 27 heavy (non-hydrogen) atoms. The maximum Gasteiger partial charge on any atom is 0.319 e. The van der Waals surface area contributed by atoms with Gasteiger partial charge in [-0.3, -0.25) is 0 Å². The van der Waals surface area contributed by atoms with Crippen molar-refractivity contribution in [3.05, 3.63) is 29.0 Å². The van der Waals surface area contributed by atoms with Gasteiger partial charge in [0.15, 0.2) is 5.82 Å². The molecule has 2 atom stereocenters. The lowest BCUT2D eigenvalue weighted by atomic mass is 10.1. The normalized spacial score (nSPS) is 16.0. The van der Waals surface area contributed by atoms with Crippen LogP contribution in [0, 0.1) is 0 Å². The van der Waals surface area contributed by atoms with Crippen LogP contribution in [0.25, 0.3) is 11.5 Å². The number of aromatic nitrogens is 2. The minimum absolute atomic E-state index is 0.300. The summed E-state index contributed by atoms with van der Waals surface area (Å²) in [6.07, 6.45) is 2.48. The second kappa shape index (κ2) is 8.69. The van der Waals surface area contributed by atoms with E-state index in [2.05, 4.69) is 20.8 Å². The fourth-order valence-electron chi connectivity index (χ4n) is 2.75. The van der Waals surface area contributed by atoms with Crippen molar-refractivity contribution < 1.29 is 19.5 Å². The Morgan fingerprint density at radius 3 is 2.89 bits per heavy atom. The third-order valence-electron chi connectivity index (χ3n) is 4.41. The number of aliphatic hydroxyl groups excluding tert-OH is 2. The van der Waals surface area contributed by atoms with E-state index in [1.54, 1.807) is 18.2 Å². The van der Waals surface area contributed by atoms with Gasteiger partial charge >= 0.3 is 6.03 Å². The Morgan fingerprint density at radius 1 is 1.44 bits per heavy atom. The lowest BCUT2D eigenvalue weighted by molar-refractivity contribution is 0.0876. The van der Waals surface area contributed by atoms with Crippen molar-refractivity contribution in [2.75, 3.05) is 11.9 Å². The van der Waals surface area contributed by atoms with E-state index in [1.807, 2.05) is 6.92 Å². The van der Waals surface area contributed by atoms with Crippen LogP contribution in [0.15, 0.2) is 22.7 Å². The molecule has 0 saturated heterocycles. The highest BCUT2D eigenvalue weighted by atomic mass is 35.5. The number of nitrogens with one attached hydrogen (secondary N) is 2. The molecular weight excluding hydrogens is 372 g/mol. The molecule has 8 nitrogen and oxygen atoms in total. The first kappa shape index (κ1) is 19.6. The third kappa shape index (κ3) is 4.97. The standard InChI is InChI=1S/C18H23ClN4O4/c1-2-3-15(25)14(9-24)21-18(26)20-13-8-11(19)6-7-12(13)17-22-16(23-27-17)10-4-5-10/h6-8,10,14-15,24-25H,2-5,9H2,1H3,(H2,20,21,26). The van der Waals surface area contributed by atoms with E-state index < -0.39 is 18.2 Å². The van der Waals surface area contributed by atoms with Crippen LogP contribution in [0.1, 0.15) is 44.3 Å². The van der Waals surface area contributed by atoms with Crippen molar-refractivity contribution in [1.82, 2.24) is 15.5 Å². The van der Waals surface area contributed by atoms with E-state index in [1.165, 1.54) is 0 Å². The van der Waals surface area contributed by atoms with Gasteiger partial charge in [0.1, 0.15) is 0 Å². The van der Waals surface area contributed by atoms with Crippen molar-refractivity contribution in [1.29, 1.82) is 0 Å². The molecule has 146 valence electrons. The minimum atomic E-state index is -0.832. The first-order valence-corrected chi connectivity index (χ1v) is 9.39. The molecular formula is C18H23ClN4O4. The molecule has 1 fully saturated rings. The number of rotatable bonds is 8. The quantitative estimate of drug-likeness (QED) is 0.546. The van der Waals surface area contributed by atoms with Gasteiger partial charge in [-0.2, -0.15) is 4.98 Å². The fourth-order valence-corrected chi connectivity index (χ4v) is 2.92. The molecule has 2 unspecified atom stereocenters. The Bertz CT molecular complexity index is 793. The Kier molecular flexibility index (Phi) is 6.30. The molecule has 1 aliphatic carbocycles. The van der Waals surface area contributed by atoms with Gasteiger partial charge in [0, 0.05) is 10.9 Å². The molecule has 0 radical (unpaired) electrons. The zero-order valence-corrected chi connectivity index (χ0v) is 15.7. The first-order valence-electron chi connectivity index (χ1n) is 9.01. The molecule has 1 aromatic heterocycles. The van der Waals surface area contributed by atoms with Gasteiger partial charge in [0.25, 0.3) is 5.89 Å². The van der Waals surface area contributed by atoms with E-state index >= 15 is 0 Å². The molecule has 1 heterocycles. The summed E-state index contributed by atoms with van der Waals surface area (Å²) in [6.45, 7) is 1.54. The minimum Gasteiger partial charge on any atom is -0.394 e. The summed E-state index contributed by atoms with van der Waals surface area (Å²) in [7, 11) is 0. The smallest absolute Gasteiger partial charge is 0.319 e. The Hall–Kier alpha value is -2.16. The van der Waals surface area contributed by atoms with Crippen LogP contribution in [0.2, 0.25) is 5.02 Å². The molecule has 0 bridgehead atoms. The monoisotopic (exact) mass is 394 g/mol. The second-order valence-electron chi connectivity index (χ2n) is 6.67. The molecule has 2 amide bonds. The Balaban J connectivity index is 1.75. The zero-order valence-electron chi connectivity index (χ0n) is 15.0. The lowest BCUT2D eigenvalue weighted by Gasteiger charge is -2.22. The van der Waals surface area contributed by atoms with E-state index in [0.717, 1.165) is 19.3 Å². The van der Waals surface area contributed by atoms with Gasteiger partial charge in [0.05, 0.1) is 30.0 Å². The number of hydrogen-bond donors (Lipinski definition) is 4. The van der Waals surface area contributed by atoms with E-state index in [-0.39, 0.29) is 6.61 Å². The molecule has 1 saturated carbocycles. The number of hydrogen-bond acceptors (Lipinski definition) is 6. The Morgan fingerprint density at radius 2 is 2.22 bits per heavy atom. The van der Waals surface area contributed by atoms with Crippen molar-refractivity contribution in [2.24, 2.45) is 0 Å². The van der Waals surface area contributed by atoms with Gasteiger partial charge in [-0.25, -0.2) is 4.79 Å². The van der Waals surface area contributed by atoms with Crippen LogP contribution < -0.4 is 10.6 Å². The highest BCUT2D eigenvalue weighted by molar-refractivity contribution is 6.31. The van der Waals surface area contributed by atoms with Crippen LogP contribution in [0.3, 0.4) is 0 Å². The third-order valence-corrected chi connectivity index (χ3v) is 4.64. The predicted molar refractivity (Wildman–Crippen MR) is 101 cm³/mol. The number of halogens is 1. The lowest BCUT2D eigenvalue weighted by Crippen LogP contribution is -2.47. The molecule has 0 aliphatic heterocycles. The summed E-state index contributed by atoms with van der Waals surface area (Å²) in [5, 5.41) is 29.1. The van der Waals surface area contributed by atoms with Crippen LogP contribution >= 0.6 is 11.6 Å². The Labute approximate surface area is 161 Å². The van der Waals surface area contributed by atoms with Crippen LogP contribution in [0.5, 0.6) is 0 Å². The van der Waals surface area contributed by atoms with Crippen molar-refractivity contribution in [3.63, 3.8) is 0 Å². The number of amides is 2. The summed E-state index contributed by atoms with van der Waals surface area (Å²) < 4.78 is 5.33. The number of urea groups is 1.